The molecule has 0 saturated carbocycles. The molecule has 6 nitrogen and oxygen atoms in total. The van der Waals surface area contributed by atoms with Gasteiger partial charge in [0.2, 0.25) is 0 Å². The summed E-state index contributed by atoms with van der Waals surface area (Å²) in [5.74, 6) is 1.08. The molecule has 6 heteroatoms. The van der Waals surface area contributed by atoms with Gasteiger partial charge in [0, 0.05) is 12.6 Å². The molecule has 1 aromatic carbocycles. The molecule has 0 radical (unpaired) electrons. The fraction of sp³-hybridized carbons (Fsp3) is 0.267. The molecule has 110 valence electrons. The van der Waals surface area contributed by atoms with E-state index in [0.29, 0.717) is 18.1 Å². The Bertz CT molecular complexity index is 644. The van der Waals surface area contributed by atoms with E-state index in [1.54, 1.807) is 12.1 Å². The number of aromatic nitrogens is 1. The van der Waals surface area contributed by atoms with Crippen molar-refractivity contribution in [2.24, 2.45) is 0 Å². The summed E-state index contributed by atoms with van der Waals surface area (Å²) in [5.41, 5.74) is 0.941. The van der Waals surface area contributed by atoms with Crippen LogP contribution in [0.25, 0.3) is 0 Å². The molecule has 0 spiro atoms. The molecule has 0 saturated heterocycles. The van der Waals surface area contributed by atoms with Gasteiger partial charge in [-0.3, -0.25) is 10.1 Å². The Morgan fingerprint density at radius 2 is 2.10 bits per heavy atom. The molecule has 2 aromatic rings. The Morgan fingerprint density at radius 3 is 2.76 bits per heavy atom. The number of ether oxygens (including phenoxy) is 1. The van der Waals surface area contributed by atoms with Gasteiger partial charge in [-0.15, -0.1) is 0 Å². The lowest BCUT2D eigenvalue weighted by Crippen LogP contribution is -2.02. The zero-order valence-corrected chi connectivity index (χ0v) is 12.0. The molecule has 1 heterocycles. The van der Waals surface area contributed by atoms with E-state index < -0.39 is 4.92 Å². The predicted molar refractivity (Wildman–Crippen MR) is 80.9 cm³/mol. The first-order chi connectivity index (χ1) is 10.1. The molecule has 2 rings (SSSR count). The lowest BCUT2D eigenvalue weighted by molar-refractivity contribution is -0.386. The second kappa shape index (κ2) is 6.69. The molecule has 0 aliphatic carbocycles. The molecule has 0 bridgehead atoms. The fourth-order valence-corrected chi connectivity index (χ4v) is 1.87. The summed E-state index contributed by atoms with van der Waals surface area (Å²) in [6.45, 7) is 4.63. The van der Waals surface area contributed by atoms with Crippen molar-refractivity contribution in [1.29, 1.82) is 0 Å². The third-order valence-electron chi connectivity index (χ3n) is 2.92. The van der Waals surface area contributed by atoms with E-state index in [0.717, 1.165) is 12.0 Å². The maximum Gasteiger partial charge on any atom is 0.331 e. The van der Waals surface area contributed by atoms with Gasteiger partial charge < -0.3 is 10.1 Å². The molecule has 0 aliphatic heterocycles. The van der Waals surface area contributed by atoms with E-state index in [9.17, 15) is 10.1 Å². The van der Waals surface area contributed by atoms with Crippen LogP contribution in [0.15, 0.2) is 36.4 Å². The van der Waals surface area contributed by atoms with Gasteiger partial charge in [0.1, 0.15) is 11.6 Å². The maximum atomic E-state index is 11.1. The van der Waals surface area contributed by atoms with Gasteiger partial charge in [0.25, 0.3) is 0 Å². The van der Waals surface area contributed by atoms with E-state index >= 15 is 0 Å². The molecular weight excluding hydrogens is 270 g/mol. The number of hydrogen-bond donors (Lipinski definition) is 1. The monoisotopic (exact) mass is 287 g/mol. The molecule has 0 aliphatic rings. The van der Waals surface area contributed by atoms with Crippen LogP contribution >= 0.6 is 0 Å². The van der Waals surface area contributed by atoms with Crippen molar-refractivity contribution in [2.45, 2.75) is 20.3 Å². The smallest absolute Gasteiger partial charge is 0.331 e. The van der Waals surface area contributed by atoms with Crippen LogP contribution in [-0.2, 0) is 6.42 Å². The Morgan fingerprint density at radius 1 is 1.29 bits per heavy atom. The number of pyridine rings is 1. The van der Waals surface area contributed by atoms with E-state index in [-0.39, 0.29) is 11.6 Å². The van der Waals surface area contributed by atoms with Crippen molar-refractivity contribution >= 4 is 11.5 Å². The average Bonchev–Trinajstić information content (AvgIpc) is 2.48. The van der Waals surface area contributed by atoms with Crippen LogP contribution in [0.3, 0.4) is 0 Å². The first kappa shape index (κ1) is 14.8. The van der Waals surface area contributed by atoms with E-state index in [2.05, 4.69) is 10.3 Å². The number of nitro groups is 1. The molecule has 1 N–H and O–H groups in total. The van der Waals surface area contributed by atoms with Gasteiger partial charge in [-0.05, 0) is 37.1 Å². The van der Waals surface area contributed by atoms with E-state index in [1.165, 1.54) is 6.07 Å². The summed E-state index contributed by atoms with van der Waals surface area (Å²) in [5, 5.41) is 14.1. The normalized spacial score (nSPS) is 10.2. The summed E-state index contributed by atoms with van der Waals surface area (Å²) in [6, 6.07) is 10.4. The minimum absolute atomic E-state index is 0.00768. The van der Waals surface area contributed by atoms with Crippen LogP contribution < -0.4 is 10.1 Å². The van der Waals surface area contributed by atoms with Gasteiger partial charge in [0.15, 0.2) is 0 Å². The quantitative estimate of drug-likeness (QED) is 0.646. The maximum absolute atomic E-state index is 11.1. The van der Waals surface area contributed by atoms with Crippen molar-refractivity contribution in [3.8, 4) is 11.6 Å². The van der Waals surface area contributed by atoms with Crippen molar-refractivity contribution in [2.75, 3.05) is 11.9 Å². The number of hydrogen-bond acceptors (Lipinski definition) is 5. The lowest BCUT2D eigenvalue weighted by Gasteiger charge is -2.08. The summed E-state index contributed by atoms with van der Waals surface area (Å²) >= 11 is 0. The van der Waals surface area contributed by atoms with Crippen molar-refractivity contribution in [3.05, 3.63) is 52.1 Å². The van der Waals surface area contributed by atoms with Crippen LogP contribution in [0.5, 0.6) is 11.6 Å². The largest absolute Gasteiger partial charge is 0.434 e. The second-order valence-electron chi connectivity index (χ2n) is 4.41. The summed E-state index contributed by atoms with van der Waals surface area (Å²) in [6.07, 6.45) is 0.865. The van der Waals surface area contributed by atoms with Crippen molar-refractivity contribution in [3.63, 3.8) is 0 Å². The standard InChI is InChI=1S/C15H17N3O3/c1-3-11-6-5-7-12(10-11)21-15-13(18(19)20)8-9-14(17-15)16-4-2/h5-10H,3-4H2,1-2H3,(H,16,17). The van der Waals surface area contributed by atoms with Crippen molar-refractivity contribution < 1.29 is 9.66 Å². The number of nitrogens with zero attached hydrogens (tertiary/aromatic N) is 2. The van der Waals surface area contributed by atoms with Gasteiger partial charge in [-0.25, -0.2) is 0 Å². The number of aryl methyl sites for hydroxylation is 1. The zero-order chi connectivity index (χ0) is 15.2. The highest BCUT2D eigenvalue weighted by Crippen LogP contribution is 2.31. The molecule has 21 heavy (non-hydrogen) atoms. The minimum Gasteiger partial charge on any atom is -0.434 e. The Balaban J connectivity index is 2.35. The number of anilines is 1. The fourth-order valence-electron chi connectivity index (χ4n) is 1.87. The second-order valence-corrected chi connectivity index (χ2v) is 4.41. The molecule has 0 amide bonds. The summed E-state index contributed by atoms with van der Waals surface area (Å²) in [4.78, 5) is 14.7. The SMILES string of the molecule is CCNc1ccc([N+](=O)[O-])c(Oc2cccc(CC)c2)n1. The van der Waals surface area contributed by atoms with Gasteiger partial charge in [0.05, 0.1) is 4.92 Å². The first-order valence-corrected chi connectivity index (χ1v) is 6.80. The molecule has 0 unspecified atom stereocenters. The van der Waals surface area contributed by atoms with Gasteiger partial charge >= 0.3 is 11.6 Å². The number of nitrogens with one attached hydrogen (secondary N) is 1. The summed E-state index contributed by atoms with van der Waals surface area (Å²) in [7, 11) is 0. The molecule has 0 atom stereocenters. The predicted octanol–water partition coefficient (Wildman–Crippen LogP) is 3.78. The van der Waals surface area contributed by atoms with Gasteiger partial charge in [-0.1, -0.05) is 19.1 Å². The zero-order valence-electron chi connectivity index (χ0n) is 12.0. The van der Waals surface area contributed by atoms with Crippen LogP contribution in [0, 0.1) is 10.1 Å². The summed E-state index contributed by atoms with van der Waals surface area (Å²) < 4.78 is 5.61. The highest BCUT2D eigenvalue weighted by atomic mass is 16.6. The highest BCUT2D eigenvalue weighted by Gasteiger charge is 2.18. The average molecular weight is 287 g/mol. The number of rotatable bonds is 6. The highest BCUT2D eigenvalue weighted by molar-refractivity contribution is 5.50. The minimum atomic E-state index is -0.498. The van der Waals surface area contributed by atoms with Crippen molar-refractivity contribution in [1.82, 2.24) is 4.98 Å². The van der Waals surface area contributed by atoms with Crippen LogP contribution in [0.2, 0.25) is 0 Å². The third-order valence-corrected chi connectivity index (χ3v) is 2.92. The van der Waals surface area contributed by atoms with Crippen LogP contribution in [0.1, 0.15) is 19.4 Å². The van der Waals surface area contributed by atoms with Gasteiger partial charge in [-0.2, -0.15) is 4.98 Å². The first-order valence-electron chi connectivity index (χ1n) is 6.80. The Kier molecular flexibility index (Phi) is 4.71. The number of benzene rings is 1. The van der Waals surface area contributed by atoms with Crippen LogP contribution in [0.4, 0.5) is 11.5 Å². The third kappa shape index (κ3) is 3.68. The van der Waals surface area contributed by atoms with E-state index in [1.807, 2.05) is 32.0 Å². The lowest BCUT2D eigenvalue weighted by atomic mass is 10.2. The topological polar surface area (TPSA) is 77.3 Å². The molecule has 0 fully saturated rings. The van der Waals surface area contributed by atoms with E-state index in [4.69, 9.17) is 4.74 Å². The molecular formula is C15H17N3O3. The Labute approximate surface area is 122 Å². The molecule has 1 aromatic heterocycles. The van der Waals surface area contributed by atoms with Crippen LogP contribution in [-0.4, -0.2) is 16.5 Å². The Hall–Kier alpha value is -2.63.